The lowest BCUT2D eigenvalue weighted by Crippen LogP contribution is -2.42. The Hall–Kier alpha value is -1.06. The summed E-state index contributed by atoms with van der Waals surface area (Å²) in [5, 5.41) is 2.98. The summed E-state index contributed by atoms with van der Waals surface area (Å²) in [7, 11) is 0. The van der Waals surface area contributed by atoms with Gasteiger partial charge in [0.25, 0.3) is 0 Å². The van der Waals surface area contributed by atoms with Crippen molar-refractivity contribution < 1.29 is 9.59 Å². The third kappa shape index (κ3) is 7.49. The van der Waals surface area contributed by atoms with Crippen LogP contribution in [-0.4, -0.2) is 35.3 Å². The Morgan fingerprint density at radius 2 is 1.67 bits per heavy atom. The molecule has 0 aliphatic carbocycles. The van der Waals surface area contributed by atoms with E-state index >= 15 is 0 Å². The van der Waals surface area contributed by atoms with Crippen LogP contribution in [0.4, 0.5) is 0 Å². The second kappa shape index (κ2) is 10.6. The number of piperidine rings is 1. The molecule has 0 bridgehead atoms. The second-order valence-electron chi connectivity index (χ2n) is 6.36. The SMILES string of the molecule is CC1CCCC(C)N1C=O.CCC(CC)NC(=O)C(C)C. The summed E-state index contributed by atoms with van der Waals surface area (Å²) >= 11 is 0. The highest BCUT2D eigenvalue weighted by Gasteiger charge is 2.22. The van der Waals surface area contributed by atoms with Gasteiger partial charge in [0, 0.05) is 24.0 Å². The summed E-state index contributed by atoms with van der Waals surface area (Å²) in [6.45, 7) is 12.2. The fraction of sp³-hybridized carbons (Fsp3) is 0.882. The molecule has 1 heterocycles. The molecule has 4 nitrogen and oxygen atoms in total. The molecule has 4 heteroatoms. The molecule has 0 saturated carbocycles. The maximum Gasteiger partial charge on any atom is 0.222 e. The van der Waals surface area contributed by atoms with E-state index < -0.39 is 0 Å². The molecule has 2 amide bonds. The van der Waals surface area contributed by atoms with Gasteiger partial charge in [-0.3, -0.25) is 9.59 Å². The largest absolute Gasteiger partial charge is 0.353 e. The molecular formula is C17H34N2O2. The van der Waals surface area contributed by atoms with Gasteiger partial charge < -0.3 is 10.2 Å². The number of rotatable bonds is 5. The van der Waals surface area contributed by atoms with Gasteiger partial charge in [-0.15, -0.1) is 0 Å². The molecule has 1 fully saturated rings. The average Bonchev–Trinajstić information content (AvgIpc) is 2.45. The smallest absolute Gasteiger partial charge is 0.222 e. The minimum atomic E-state index is 0.107. The van der Waals surface area contributed by atoms with E-state index in [1.54, 1.807) is 0 Å². The minimum absolute atomic E-state index is 0.107. The van der Waals surface area contributed by atoms with E-state index in [-0.39, 0.29) is 11.8 Å². The van der Waals surface area contributed by atoms with Crippen LogP contribution < -0.4 is 5.32 Å². The first kappa shape index (κ1) is 19.9. The zero-order valence-corrected chi connectivity index (χ0v) is 14.7. The van der Waals surface area contributed by atoms with Crippen molar-refractivity contribution in [2.45, 2.75) is 91.8 Å². The normalized spacial score (nSPS) is 21.8. The number of nitrogens with zero attached hydrogens (tertiary/aromatic N) is 1. The predicted octanol–water partition coefficient (Wildman–Crippen LogP) is 3.35. The summed E-state index contributed by atoms with van der Waals surface area (Å²) < 4.78 is 0. The van der Waals surface area contributed by atoms with Crippen LogP contribution >= 0.6 is 0 Å². The zero-order chi connectivity index (χ0) is 16.4. The van der Waals surface area contributed by atoms with Crippen LogP contribution in [0.3, 0.4) is 0 Å². The molecule has 1 aliphatic heterocycles. The van der Waals surface area contributed by atoms with Crippen LogP contribution in [-0.2, 0) is 9.59 Å². The summed E-state index contributed by atoms with van der Waals surface area (Å²) in [4.78, 5) is 23.6. The van der Waals surface area contributed by atoms with Gasteiger partial charge in [0.1, 0.15) is 0 Å². The number of likely N-dealkylation sites (tertiary alicyclic amines) is 1. The molecule has 2 unspecified atom stereocenters. The first-order valence-electron chi connectivity index (χ1n) is 8.40. The molecular weight excluding hydrogens is 264 g/mol. The molecule has 0 spiro atoms. The topological polar surface area (TPSA) is 49.4 Å². The number of carbonyl (C=O) groups excluding carboxylic acids is 2. The Morgan fingerprint density at radius 1 is 1.19 bits per heavy atom. The molecule has 1 N–H and O–H groups in total. The molecule has 0 aromatic heterocycles. The van der Waals surface area contributed by atoms with E-state index in [1.165, 1.54) is 19.3 Å². The van der Waals surface area contributed by atoms with Crippen LogP contribution in [0.1, 0.15) is 73.6 Å². The molecule has 0 aromatic rings. The minimum Gasteiger partial charge on any atom is -0.353 e. The third-order valence-electron chi connectivity index (χ3n) is 4.24. The molecule has 1 saturated heterocycles. The fourth-order valence-corrected chi connectivity index (χ4v) is 2.51. The first-order chi connectivity index (χ1) is 9.87. The Balaban J connectivity index is 0.000000382. The highest BCUT2D eigenvalue weighted by molar-refractivity contribution is 5.78. The molecule has 0 aromatic carbocycles. The lowest BCUT2D eigenvalue weighted by atomic mass is 9.99. The van der Waals surface area contributed by atoms with Crippen LogP contribution in [0.5, 0.6) is 0 Å². The lowest BCUT2D eigenvalue weighted by molar-refractivity contribution is -0.125. The van der Waals surface area contributed by atoms with Gasteiger partial charge in [0.15, 0.2) is 0 Å². The summed E-state index contributed by atoms with van der Waals surface area (Å²) in [5.74, 6) is 0.272. The van der Waals surface area contributed by atoms with E-state index in [4.69, 9.17) is 0 Å². The van der Waals surface area contributed by atoms with Gasteiger partial charge in [0.2, 0.25) is 12.3 Å². The summed E-state index contributed by atoms with van der Waals surface area (Å²) in [6.07, 6.45) is 6.64. The maximum atomic E-state index is 11.2. The van der Waals surface area contributed by atoms with Gasteiger partial charge in [-0.2, -0.15) is 0 Å². The molecule has 2 atom stereocenters. The van der Waals surface area contributed by atoms with Crippen molar-refractivity contribution in [2.24, 2.45) is 5.92 Å². The van der Waals surface area contributed by atoms with Crippen molar-refractivity contribution in [1.82, 2.24) is 10.2 Å². The number of hydrogen-bond acceptors (Lipinski definition) is 2. The molecule has 21 heavy (non-hydrogen) atoms. The van der Waals surface area contributed by atoms with Gasteiger partial charge >= 0.3 is 0 Å². The average molecular weight is 298 g/mol. The van der Waals surface area contributed by atoms with Gasteiger partial charge in [-0.25, -0.2) is 0 Å². The highest BCUT2D eigenvalue weighted by atomic mass is 16.2. The maximum absolute atomic E-state index is 11.2. The van der Waals surface area contributed by atoms with Gasteiger partial charge in [-0.1, -0.05) is 27.7 Å². The van der Waals surface area contributed by atoms with E-state index in [0.717, 1.165) is 19.3 Å². The standard InChI is InChI=1S/C9H19NO.C8H15NO/c1-5-8(6-2)10-9(11)7(3)4;1-7-4-3-5-8(2)9(7)6-10/h7-8H,5-6H2,1-4H3,(H,10,11);6-8H,3-5H2,1-2H3. The van der Waals surface area contributed by atoms with E-state index in [1.807, 2.05) is 18.7 Å². The second-order valence-corrected chi connectivity index (χ2v) is 6.36. The molecule has 1 rings (SSSR count). The highest BCUT2D eigenvalue weighted by Crippen LogP contribution is 2.20. The zero-order valence-electron chi connectivity index (χ0n) is 14.7. The lowest BCUT2D eigenvalue weighted by Gasteiger charge is -2.35. The summed E-state index contributed by atoms with van der Waals surface area (Å²) in [6, 6.07) is 1.28. The Labute approximate surface area is 130 Å². The monoisotopic (exact) mass is 298 g/mol. The number of hydrogen-bond donors (Lipinski definition) is 1. The van der Waals surface area contributed by atoms with Crippen LogP contribution in [0, 0.1) is 5.92 Å². The van der Waals surface area contributed by atoms with Crippen molar-refractivity contribution >= 4 is 12.3 Å². The van der Waals surface area contributed by atoms with E-state index in [0.29, 0.717) is 18.1 Å². The quantitative estimate of drug-likeness (QED) is 0.791. The van der Waals surface area contributed by atoms with Crippen molar-refractivity contribution in [2.75, 3.05) is 0 Å². The number of amides is 2. The fourth-order valence-electron chi connectivity index (χ4n) is 2.51. The van der Waals surface area contributed by atoms with Crippen LogP contribution in [0.2, 0.25) is 0 Å². The summed E-state index contributed by atoms with van der Waals surface area (Å²) in [5.41, 5.74) is 0. The molecule has 124 valence electrons. The molecule has 1 aliphatic rings. The van der Waals surface area contributed by atoms with E-state index in [2.05, 4.69) is 33.0 Å². The number of nitrogens with one attached hydrogen (secondary N) is 1. The Bertz CT molecular complexity index is 291. The van der Waals surface area contributed by atoms with Gasteiger partial charge in [-0.05, 0) is 46.0 Å². The van der Waals surface area contributed by atoms with Crippen molar-refractivity contribution in [1.29, 1.82) is 0 Å². The van der Waals surface area contributed by atoms with Crippen LogP contribution in [0.25, 0.3) is 0 Å². The third-order valence-corrected chi connectivity index (χ3v) is 4.24. The molecule has 0 radical (unpaired) electrons. The Kier molecular flexibility index (Phi) is 10.1. The van der Waals surface area contributed by atoms with Crippen molar-refractivity contribution in [3.8, 4) is 0 Å². The van der Waals surface area contributed by atoms with E-state index in [9.17, 15) is 9.59 Å². The van der Waals surface area contributed by atoms with Crippen LogP contribution in [0.15, 0.2) is 0 Å². The van der Waals surface area contributed by atoms with Gasteiger partial charge in [0.05, 0.1) is 0 Å². The Morgan fingerprint density at radius 3 is 1.95 bits per heavy atom. The number of carbonyl (C=O) groups is 2. The first-order valence-corrected chi connectivity index (χ1v) is 8.40. The predicted molar refractivity (Wildman–Crippen MR) is 88.0 cm³/mol. The van der Waals surface area contributed by atoms with Crippen molar-refractivity contribution in [3.63, 3.8) is 0 Å². The van der Waals surface area contributed by atoms with Crippen molar-refractivity contribution in [3.05, 3.63) is 0 Å².